The number of ether oxygens (including phenoxy) is 3. The minimum Gasteiger partial charge on any atom is -0.439 e. The van der Waals surface area contributed by atoms with E-state index >= 15 is 0 Å². The molecule has 0 spiro atoms. The summed E-state index contributed by atoms with van der Waals surface area (Å²) in [6, 6.07) is 0. The molecule has 2 amide bonds. The number of primary amides is 1. The number of nitrogens with zero attached hydrogens (tertiary/aromatic N) is 1. The van der Waals surface area contributed by atoms with Crippen LogP contribution in [-0.2, 0) is 23.8 Å². The Morgan fingerprint density at radius 1 is 1.19 bits per heavy atom. The number of nitrogens with one attached hydrogen (secondary N) is 2. The second kappa shape index (κ2) is 17.1. The molecule has 11 heteroatoms. The zero-order valence-corrected chi connectivity index (χ0v) is 26.8. The van der Waals surface area contributed by atoms with Gasteiger partial charge in [-0.15, -0.1) is 0 Å². The van der Waals surface area contributed by atoms with Crippen LogP contribution >= 0.6 is 0 Å². The Labute approximate surface area is 255 Å². The highest BCUT2D eigenvalue weighted by molar-refractivity contribution is 6.06. The summed E-state index contributed by atoms with van der Waals surface area (Å²) < 4.78 is 16.7. The molecule has 240 valence electrons. The van der Waals surface area contributed by atoms with Crippen LogP contribution in [0.2, 0.25) is 0 Å². The SMILES string of the molecule is CO[C@H]1/C=C\C=C(/C)C(=O)NC2=CC(=O)C(NCCN(C)C)=C(C2)C[C@@H](C)C[C@H](OC)[C@H](O)[C@@H](C)/C=C(\C)[C@@H]1OC(N)=O. The Morgan fingerprint density at radius 2 is 1.88 bits per heavy atom. The molecule has 0 aromatic heterocycles. The van der Waals surface area contributed by atoms with Gasteiger partial charge in [0.05, 0.1) is 17.9 Å². The zero-order valence-electron chi connectivity index (χ0n) is 26.8. The molecule has 0 aromatic carbocycles. The van der Waals surface area contributed by atoms with Gasteiger partial charge in [-0.3, -0.25) is 9.59 Å². The van der Waals surface area contributed by atoms with E-state index in [1.54, 1.807) is 39.2 Å². The molecule has 0 unspecified atom stereocenters. The molecule has 1 aliphatic heterocycles. The number of carbonyl (C=O) groups is 3. The average Bonchev–Trinajstić information content (AvgIpc) is 2.93. The van der Waals surface area contributed by atoms with Crippen LogP contribution in [0.25, 0.3) is 0 Å². The molecular formula is C32H50N4O7. The van der Waals surface area contributed by atoms with E-state index in [1.165, 1.54) is 13.2 Å². The number of carbonyl (C=O) groups excluding carboxylic acids is 3. The summed E-state index contributed by atoms with van der Waals surface area (Å²) in [5, 5.41) is 17.5. The molecule has 0 saturated heterocycles. The Morgan fingerprint density at radius 3 is 2.49 bits per heavy atom. The maximum absolute atomic E-state index is 13.2. The third-order valence-electron chi connectivity index (χ3n) is 7.69. The van der Waals surface area contributed by atoms with Gasteiger partial charge in [-0.2, -0.15) is 0 Å². The van der Waals surface area contributed by atoms with E-state index < -0.39 is 30.5 Å². The van der Waals surface area contributed by atoms with Crippen LogP contribution in [0.15, 0.2) is 58.5 Å². The van der Waals surface area contributed by atoms with Gasteiger partial charge in [0, 0.05) is 57.0 Å². The number of fused-ring (bicyclic) bond motifs is 2. The number of amides is 2. The Balaban J connectivity index is 2.54. The summed E-state index contributed by atoms with van der Waals surface area (Å²) in [4.78, 5) is 40.1. The molecule has 0 aromatic rings. The number of aliphatic hydroxyl groups is 1. The number of hydrogen-bond donors (Lipinski definition) is 4. The van der Waals surface area contributed by atoms with Gasteiger partial charge in [-0.25, -0.2) is 4.79 Å². The summed E-state index contributed by atoms with van der Waals surface area (Å²) in [5.74, 6) is -0.852. The third kappa shape index (κ3) is 11.1. The van der Waals surface area contributed by atoms with Gasteiger partial charge in [0.15, 0.2) is 6.10 Å². The van der Waals surface area contributed by atoms with E-state index in [-0.39, 0.29) is 23.5 Å². The lowest BCUT2D eigenvalue weighted by Crippen LogP contribution is -2.37. The summed E-state index contributed by atoms with van der Waals surface area (Å²) in [6.45, 7) is 8.71. The number of ketones is 1. The van der Waals surface area contributed by atoms with Crippen LogP contribution < -0.4 is 16.4 Å². The highest BCUT2D eigenvalue weighted by Gasteiger charge is 2.30. The van der Waals surface area contributed by atoms with Crippen molar-refractivity contribution >= 4 is 17.8 Å². The lowest BCUT2D eigenvalue weighted by molar-refractivity contribution is -0.116. The van der Waals surface area contributed by atoms with Crippen molar-refractivity contribution in [3.63, 3.8) is 0 Å². The van der Waals surface area contributed by atoms with Crippen molar-refractivity contribution in [2.75, 3.05) is 41.4 Å². The number of hydrogen-bond acceptors (Lipinski definition) is 9. The molecule has 0 fully saturated rings. The van der Waals surface area contributed by atoms with Crippen LogP contribution in [0, 0.1) is 11.8 Å². The van der Waals surface area contributed by atoms with Gasteiger partial charge in [0.2, 0.25) is 5.78 Å². The summed E-state index contributed by atoms with van der Waals surface area (Å²) in [5.41, 5.74) is 8.39. The smallest absolute Gasteiger partial charge is 0.405 e. The number of methoxy groups -OCH3 is 2. The van der Waals surface area contributed by atoms with Gasteiger partial charge in [-0.05, 0) is 57.8 Å². The van der Waals surface area contributed by atoms with Gasteiger partial charge in [0.25, 0.3) is 5.91 Å². The fourth-order valence-corrected chi connectivity index (χ4v) is 5.34. The standard InChI is InChI=1S/C32H50N4O7/c1-19-14-23-17-24(18-25(37)28(23)34-12-13-36(5)6)35-31(39)20(2)10-9-11-26(41-7)30(43-32(33)40)22(4)16-21(3)29(38)27(15-19)42-8/h9-11,16,18-19,21,26-27,29-30,34,38H,12-15,17H2,1-8H3,(H2,33,40)(H,35,39)/b11-9-,20-10+,22-16+/t19-,21+,26+,27+,29-,30+/m1/s1. The molecule has 0 radical (unpaired) electrons. The Bertz CT molecular complexity index is 1150. The van der Waals surface area contributed by atoms with Crippen molar-refractivity contribution in [1.82, 2.24) is 15.5 Å². The monoisotopic (exact) mass is 602 g/mol. The molecule has 6 atom stereocenters. The molecular weight excluding hydrogens is 552 g/mol. The number of nitrogens with two attached hydrogens (primary N) is 1. The van der Waals surface area contributed by atoms with Crippen molar-refractivity contribution in [2.45, 2.75) is 71.4 Å². The molecule has 1 heterocycles. The number of allylic oxidation sites excluding steroid dienone is 4. The predicted octanol–water partition coefficient (Wildman–Crippen LogP) is 2.73. The summed E-state index contributed by atoms with van der Waals surface area (Å²) >= 11 is 0. The second-order valence-corrected chi connectivity index (χ2v) is 11.7. The first-order chi connectivity index (χ1) is 20.3. The fourth-order valence-electron chi connectivity index (χ4n) is 5.34. The van der Waals surface area contributed by atoms with Gasteiger partial charge >= 0.3 is 6.09 Å². The largest absolute Gasteiger partial charge is 0.439 e. The summed E-state index contributed by atoms with van der Waals surface area (Å²) in [6.07, 6.45) is 5.80. The van der Waals surface area contributed by atoms with Crippen molar-refractivity contribution in [3.05, 3.63) is 58.5 Å². The lowest BCUT2D eigenvalue weighted by atomic mass is 9.85. The Kier molecular flexibility index (Phi) is 14.3. The van der Waals surface area contributed by atoms with Gasteiger partial charge in [-0.1, -0.05) is 38.2 Å². The van der Waals surface area contributed by atoms with Crippen LogP contribution in [-0.4, -0.2) is 93.6 Å². The summed E-state index contributed by atoms with van der Waals surface area (Å²) in [7, 11) is 6.97. The van der Waals surface area contributed by atoms with Crippen molar-refractivity contribution < 1.29 is 33.7 Å². The van der Waals surface area contributed by atoms with Crippen molar-refractivity contribution in [2.24, 2.45) is 17.6 Å². The van der Waals surface area contributed by atoms with Gasteiger partial charge in [0.1, 0.15) is 6.10 Å². The first kappa shape index (κ1) is 35.9. The quantitative estimate of drug-likeness (QED) is 0.322. The minimum absolute atomic E-state index is 0.0390. The number of likely N-dealkylation sites (N-methyl/N-ethyl adjacent to an activating group) is 1. The molecule has 2 bridgehead atoms. The van der Waals surface area contributed by atoms with Crippen LogP contribution in [0.1, 0.15) is 47.0 Å². The van der Waals surface area contributed by atoms with Crippen LogP contribution in [0.4, 0.5) is 4.79 Å². The second-order valence-electron chi connectivity index (χ2n) is 11.7. The van der Waals surface area contributed by atoms with Crippen LogP contribution in [0.5, 0.6) is 0 Å². The molecule has 11 nitrogen and oxygen atoms in total. The zero-order chi connectivity index (χ0) is 32.3. The van der Waals surface area contributed by atoms with E-state index in [2.05, 4.69) is 17.6 Å². The molecule has 1 aliphatic carbocycles. The maximum Gasteiger partial charge on any atom is 0.405 e. The number of aliphatic hydroxyl groups excluding tert-OH is 1. The van der Waals surface area contributed by atoms with Crippen molar-refractivity contribution in [3.8, 4) is 0 Å². The van der Waals surface area contributed by atoms with E-state index in [9.17, 15) is 19.5 Å². The first-order valence-corrected chi connectivity index (χ1v) is 14.7. The number of rotatable bonds is 7. The Hall–Kier alpha value is -3.25. The van der Waals surface area contributed by atoms with Crippen LogP contribution in [0.3, 0.4) is 0 Å². The van der Waals surface area contributed by atoms with Crippen molar-refractivity contribution in [1.29, 1.82) is 0 Å². The third-order valence-corrected chi connectivity index (χ3v) is 7.69. The fraction of sp³-hybridized carbons (Fsp3) is 0.594. The predicted molar refractivity (Wildman–Crippen MR) is 166 cm³/mol. The average molecular weight is 603 g/mol. The minimum atomic E-state index is -0.965. The van der Waals surface area contributed by atoms with E-state index in [0.29, 0.717) is 48.3 Å². The molecule has 0 saturated carbocycles. The normalized spacial score (nSPS) is 31.3. The van der Waals surface area contributed by atoms with E-state index in [0.717, 1.165) is 12.1 Å². The highest BCUT2D eigenvalue weighted by atomic mass is 16.6. The molecule has 43 heavy (non-hydrogen) atoms. The highest BCUT2D eigenvalue weighted by Crippen LogP contribution is 2.30. The lowest BCUT2D eigenvalue weighted by Gasteiger charge is -2.30. The topological polar surface area (TPSA) is 152 Å². The molecule has 2 aliphatic rings. The van der Waals surface area contributed by atoms with E-state index in [1.807, 2.05) is 32.0 Å². The molecule has 5 N–H and O–H groups in total. The van der Waals surface area contributed by atoms with E-state index in [4.69, 9.17) is 19.9 Å². The molecule has 2 rings (SSSR count). The van der Waals surface area contributed by atoms with Gasteiger partial charge < -0.3 is 40.6 Å². The maximum atomic E-state index is 13.2. The first-order valence-electron chi connectivity index (χ1n) is 14.7.